The highest BCUT2D eigenvalue weighted by atomic mass is 16.6. The second-order valence-electron chi connectivity index (χ2n) is 6.83. The number of carbonyl (C=O) groups is 2. The van der Waals surface area contributed by atoms with E-state index < -0.39 is 0 Å². The largest absolute Gasteiger partial charge is 0.450 e. The zero-order chi connectivity index (χ0) is 20.1. The summed E-state index contributed by atoms with van der Waals surface area (Å²) in [6.45, 7) is 8.19. The summed E-state index contributed by atoms with van der Waals surface area (Å²) in [5.41, 5.74) is 3.93. The maximum atomic E-state index is 12.8. The van der Waals surface area contributed by atoms with Gasteiger partial charge in [0.15, 0.2) is 0 Å². The van der Waals surface area contributed by atoms with E-state index in [4.69, 9.17) is 4.74 Å². The number of hydrogen-bond donors (Lipinski definition) is 1. The molecule has 0 atom stereocenters. The number of aryl methyl sites for hydroxylation is 2. The van der Waals surface area contributed by atoms with Crippen molar-refractivity contribution in [1.29, 1.82) is 0 Å². The molecule has 1 fully saturated rings. The van der Waals surface area contributed by atoms with Crippen LogP contribution < -0.4 is 5.32 Å². The fourth-order valence-electron chi connectivity index (χ4n) is 3.09. The summed E-state index contributed by atoms with van der Waals surface area (Å²) in [6, 6.07) is 9.57. The summed E-state index contributed by atoms with van der Waals surface area (Å²) in [5.74, 6) is 0.563. The third-order valence-electron chi connectivity index (χ3n) is 4.88. The van der Waals surface area contributed by atoms with Crippen LogP contribution in [0.2, 0.25) is 0 Å². The highest BCUT2D eigenvalue weighted by Gasteiger charge is 2.25. The average Bonchev–Trinajstić information content (AvgIpc) is 2.71. The lowest BCUT2D eigenvalue weighted by atomic mass is 10.1. The van der Waals surface area contributed by atoms with E-state index in [1.807, 2.05) is 6.07 Å². The van der Waals surface area contributed by atoms with Crippen LogP contribution in [0.4, 0.5) is 16.3 Å². The molecule has 2 heterocycles. The van der Waals surface area contributed by atoms with Gasteiger partial charge in [0.1, 0.15) is 5.82 Å². The second-order valence-corrected chi connectivity index (χ2v) is 6.83. The minimum atomic E-state index is -0.321. The van der Waals surface area contributed by atoms with Gasteiger partial charge in [-0.3, -0.25) is 4.79 Å². The van der Waals surface area contributed by atoms with E-state index in [9.17, 15) is 9.59 Å². The van der Waals surface area contributed by atoms with Crippen molar-refractivity contribution >= 4 is 23.5 Å². The number of piperazine rings is 1. The fraction of sp³-hybridized carbons (Fsp3) is 0.381. The molecule has 0 saturated carbocycles. The predicted octanol–water partition coefficient (Wildman–Crippen LogP) is 3.36. The SMILES string of the molecule is CCOC(=O)N1CCN(C(=O)c2ccnc(Nc3ccc(C)c(C)c3)c2)CC1. The smallest absolute Gasteiger partial charge is 0.409 e. The summed E-state index contributed by atoms with van der Waals surface area (Å²) in [4.78, 5) is 32.3. The Morgan fingerprint density at radius 3 is 2.43 bits per heavy atom. The zero-order valence-corrected chi connectivity index (χ0v) is 16.6. The maximum absolute atomic E-state index is 12.8. The molecule has 7 heteroatoms. The number of amides is 2. The molecule has 0 unspecified atom stereocenters. The number of aromatic nitrogens is 1. The lowest BCUT2D eigenvalue weighted by Gasteiger charge is -2.34. The molecule has 2 aromatic rings. The molecule has 28 heavy (non-hydrogen) atoms. The van der Waals surface area contributed by atoms with Gasteiger partial charge in [0.05, 0.1) is 6.61 Å². The molecule has 0 bridgehead atoms. The van der Waals surface area contributed by atoms with Crippen LogP contribution in [0, 0.1) is 13.8 Å². The number of nitrogens with zero attached hydrogens (tertiary/aromatic N) is 3. The highest BCUT2D eigenvalue weighted by Crippen LogP contribution is 2.19. The monoisotopic (exact) mass is 382 g/mol. The van der Waals surface area contributed by atoms with Crippen molar-refractivity contribution in [2.75, 3.05) is 38.1 Å². The third-order valence-corrected chi connectivity index (χ3v) is 4.88. The molecular formula is C21H26N4O3. The van der Waals surface area contributed by atoms with Gasteiger partial charge >= 0.3 is 6.09 Å². The van der Waals surface area contributed by atoms with Crippen LogP contribution in [0.5, 0.6) is 0 Å². The number of carbonyl (C=O) groups excluding carboxylic acids is 2. The first-order chi connectivity index (χ1) is 13.5. The van der Waals surface area contributed by atoms with Crippen molar-refractivity contribution in [3.8, 4) is 0 Å². The molecule has 1 saturated heterocycles. The molecule has 1 N–H and O–H groups in total. The second kappa shape index (κ2) is 8.73. The van der Waals surface area contributed by atoms with E-state index in [1.165, 1.54) is 11.1 Å². The molecular weight excluding hydrogens is 356 g/mol. The first-order valence-electron chi connectivity index (χ1n) is 9.49. The number of nitrogens with one attached hydrogen (secondary N) is 1. The molecule has 1 aliphatic rings. The zero-order valence-electron chi connectivity index (χ0n) is 16.6. The van der Waals surface area contributed by atoms with Gasteiger partial charge in [-0.1, -0.05) is 6.07 Å². The van der Waals surface area contributed by atoms with Crippen LogP contribution in [0.15, 0.2) is 36.5 Å². The summed E-state index contributed by atoms with van der Waals surface area (Å²) >= 11 is 0. The normalized spacial score (nSPS) is 14.0. The number of rotatable bonds is 4. The molecule has 3 rings (SSSR count). The van der Waals surface area contributed by atoms with Gasteiger partial charge in [-0.25, -0.2) is 9.78 Å². The lowest BCUT2D eigenvalue weighted by Crippen LogP contribution is -2.50. The van der Waals surface area contributed by atoms with E-state index in [0.717, 1.165) is 5.69 Å². The van der Waals surface area contributed by atoms with Gasteiger partial charge in [0.25, 0.3) is 5.91 Å². The quantitative estimate of drug-likeness (QED) is 0.878. The van der Waals surface area contributed by atoms with Gasteiger partial charge in [0, 0.05) is 43.6 Å². The highest BCUT2D eigenvalue weighted by molar-refractivity contribution is 5.95. The van der Waals surface area contributed by atoms with E-state index in [0.29, 0.717) is 44.2 Å². The fourth-order valence-corrected chi connectivity index (χ4v) is 3.09. The van der Waals surface area contributed by atoms with Crippen molar-refractivity contribution in [3.05, 3.63) is 53.2 Å². The van der Waals surface area contributed by atoms with Gasteiger partial charge in [-0.15, -0.1) is 0 Å². The molecule has 1 aromatic heterocycles. The van der Waals surface area contributed by atoms with E-state index in [-0.39, 0.29) is 12.0 Å². The van der Waals surface area contributed by atoms with Gasteiger partial charge in [-0.05, 0) is 56.2 Å². The Morgan fingerprint density at radius 2 is 1.75 bits per heavy atom. The summed E-state index contributed by atoms with van der Waals surface area (Å²) in [7, 11) is 0. The number of anilines is 2. The average molecular weight is 382 g/mol. The van der Waals surface area contributed by atoms with Crippen molar-refractivity contribution in [2.24, 2.45) is 0 Å². The molecule has 148 valence electrons. The maximum Gasteiger partial charge on any atom is 0.409 e. The Labute approximate surface area is 165 Å². The Bertz CT molecular complexity index is 860. The molecule has 0 aliphatic carbocycles. The number of pyridine rings is 1. The topological polar surface area (TPSA) is 74.8 Å². The van der Waals surface area contributed by atoms with Crippen LogP contribution in [0.3, 0.4) is 0 Å². The minimum absolute atomic E-state index is 0.0611. The van der Waals surface area contributed by atoms with Crippen LogP contribution >= 0.6 is 0 Å². The van der Waals surface area contributed by atoms with E-state index in [1.54, 1.807) is 35.1 Å². The van der Waals surface area contributed by atoms with Crippen molar-refractivity contribution in [3.63, 3.8) is 0 Å². The Kier molecular flexibility index (Phi) is 6.13. The van der Waals surface area contributed by atoms with Gasteiger partial charge in [-0.2, -0.15) is 0 Å². The Hall–Kier alpha value is -3.09. The first-order valence-corrected chi connectivity index (χ1v) is 9.49. The molecule has 2 amide bonds. The Balaban J connectivity index is 1.64. The number of ether oxygens (including phenoxy) is 1. The standard InChI is InChI=1S/C21H26N4O3/c1-4-28-21(27)25-11-9-24(10-12-25)20(26)17-7-8-22-19(14-17)23-18-6-5-15(2)16(3)13-18/h5-8,13-14H,4,9-12H2,1-3H3,(H,22,23). The van der Waals surface area contributed by atoms with Crippen molar-refractivity contribution in [2.45, 2.75) is 20.8 Å². The molecule has 1 aromatic carbocycles. The minimum Gasteiger partial charge on any atom is -0.450 e. The number of benzene rings is 1. The summed E-state index contributed by atoms with van der Waals surface area (Å²) < 4.78 is 5.02. The van der Waals surface area contributed by atoms with Crippen molar-refractivity contribution in [1.82, 2.24) is 14.8 Å². The van der Waals surface area contributed by atoms with Crippen LogP contribution in [0.25, 0.3) is 0 Å². The third kappa shape index (κ3) is 4.60. The molecule has 0 spiro atoms. The van der Waals surface area contributed by atoms with Gasteiger partial charge in [0.2, 0.25) is 0 Å². The first kappa shape index (κ1) is 19.7. The van der Waals surface area contributed by atoms with E-state index >= 15 is 0 Å². The van der Waals surface area contributed by atoms with Gasteiger partial charge < -0.3 is 19.9 Å². The molecule has 1 aliphatic heterocycles. The number of hydrogen-bond acceptors (Lipinski definition) is 5. The van der Waals surface area contributed by atoms with Crippen LogP contribution in [0.1, 0.15) is 28.4 Å². The summed E-state index contributed by atoms with van der Waals surface area (Å²) in [5, 5.41) is 3.25. The lowest BCUT2D eigenvalue weighted by molar-refractivity contribution is 0.0570. The van der Waals surface area contributed by atoms with Crippen LogP contribution in [-0.2, 0) is 4.74 Å². The summed E-state index contributed by atoms with van der Waals surface area (Å²) in [6.07, 6.45) is 1.31. The van der Waals surface area contributed by atoms with Crippen LogP contribution in [-0.4, -0.2) is 59.6 Å². The molecule has 0 radical (unpaired) electrons. The Morgan fingerprint density at radius 1 is 1.04 bits per heavy atom. The molecule has 7 nitrogen and oxygen atoms in total. The van der Waals surface area contributed by atoms with Crippen molar-refractivity contribution < 1.29 is 14.3 Å². The predicted molar refractivity (Wildman–Crippen MR) is 108 cm³/mol. The van der Waals surface area contributed by atoms with E-state index in [2.05, 4.69) is 36.3 Å².